The third-order valence-electron chi connectivity index (χ3n) is 6.66. The van der Waals surface area contributed by atoms with Gasteiger partial charge in [-0.3, -0.25) is 4.90 Å². The van der Waals surface area contributed by atoms with Crippen LogP contribution in [0.2, 0.25) is 0 Å². The molecule has 2 aliphatic heterocycles. The molecule has 5 heteroatoms. The molecular formula is C23H25FN2O2. The fourth-order valence-corrected chi connectivity index (χ4v) is 5.13. The lowest BCUT2D eigenvalue weighted by atomic mass is 9.88. The summed E-state index contributed by atoms with van der Waals surface area (Å²) in [6, 6.07) is 14.4. The van der Waals surface area contributed by atoms with Gasteiger partial charge in [-0.05, 0) is 54.1 Å². The van der Waals surface area contributed by atoms with Crippen LogP contribution in [0.4, 0.5) is 9.18 Å². The van der Waals surface area contributed by atoms with Crippen LogP contribution in [0.1, 0.15) is 22.7 Å². The molecule has 1 amide bonds. The summed E-state index contributed by atoms with van der Waals surface area (Å²) in [5.74, 6) is 1.62. The van der Waals surface area contributed by atoms with E-state index in [1.165, 1.54) is 17.7 Å². The summed E-state index contributed by atoms with van der Waals surface area (Å²) in [5.41, 5.74) is 3.25. The molecular weight excluding hydrogens is 355 g/mol. The maximum absolute atomic E-state index is 13.5. The zero-order chi connectivity index (χ0) is 19.3. The second-order valence-electron chi connectivity index (χ2n) is 8.39. The predicted octanol–water partition coefficient (Wildman–Crippen LogP) is 3.72. The van der Waals surface area contributed by atoms with Crippen LogP contribution in [0.5, 0.6) is 0 Å². The highest BCUT2D eigenvalue weighted by Crippen LogP contribution is 2.51. The van der Waals surface area contributed by atoms with E-state index in [-0.39, 0.29) is 18.0 Å². The van der Waals surface area contributed by atoms with Crippen molar-refractivity contribution in [2.45, 2.75) is 12.5 Å². The first-order chi connectivity index (χ1) is 13.6. The molecule has 1 saturated carbocycles. The van der Waals surface area contributed by atoms with Gasteiger partial charge in [-0.25, -0.2) is 9.18 Å². The first kappa shape index (κ1) is 17.7. The van der Waals surface area contributed by atoms with Crippen LogP contribution in [0.15, 0.2) is 48.5 Å². The number of fused-ring (bicyclic) bond motifs is 2. The number of hydrogen-bond donors (Lipinski definition) is 0. The average Bonchev–Trinajstić information content (AvgIpc) is 3.18. The Morgan fingerprint density at radius 3 is 2.57 bits per heavy atom. The molecule has 0 radical (unpaired) electrons. The maximum Gasteiger partial charge on any atom is 0.410 e. The summed E-state index contributed by atoms with van der Waals surface area (Å²) in [6.07, 6.45) is 0.546. The number of ether oxygens (including phenoxy) is 1. The Hall–Kier alpha value is -2.40. The SMILES string of the molecule is CN1CC2[C@@H](COC(=O)N3CCc4ccccc4[C@@H]3c3ccc(F)cc3)[C@@H]2C1. The molecule has 28 heavy (non-hydrogen) atoms. The average molecular weight is 380 g/mol. The minimum atomic E-state index is -0.271. The van der Waals surface area contributed by atoms with Crippen molar-refractivity contribution in [1.29, 1.82) is 0 Å². The molecule has 0 N–H and O–H groups in total. The number of benzene rings is 2. The molecule has 2 aromatic rings. The van der Waals surface area contributed by atoms with E-state index in [0.717, 1.165) is 30.6 Å². The van der Waals surface area contributed by atoms with E-state index < -0.39 is 0 Å². The number of likely N-dealkylation sites (tertiary alicyclic amines) is 1. The Labute approximate surface area is 164 Å². The predicted molar refractivity (Wildman–Crippen MR) is 104 cm³/mol. The van der Waals surface area contributed by atoms with E-state index in [4.69, 9.17) is 4.74 Å². The topological polar surface area (TPSA) is 32.8 Å². The summed E-state index contributed by atoms with van der Waals surface area (Å²) in [4.78, 5) is 17.1. The standard InChI is InChI=1S/C23H25FN2O2/c1-25-12-19-20(13-25)21(19)14-28-23(27)26-11-10-15-4-2-3-5-18(15)22(26)16-6-8-17(24)9-7-16/h2-9,19-22H,10-14H2,1H3/t19-,20?,21+,22+/m1/s1. The number of piperidine rings is 1. The number of halogens is 1. The lowest BCUT2D eigenvalue weighted by Gasteiger charge is -2.37. The summed E-state index contributed by atoms with van der Waals surface area (Å²) in [5, 5.41) is 0. The number of rotatable bonds is 3. The van der Waals surface area contributed by atoms with Gasteiger partial charge in [0.15, 0.2) is 0 Å². The smallest absolute Gasteiger partial charge is 0.410 e. The van der Waals surface area contributed by atoms with Crippen LogP contribution in [-0.4, -0.2) is 49.2 Å². The van der Waals surface area contributed by atoms with Crippen LogP contribution in [0.3, 0.4) is 0 Å². The van der Waals surface area contributed by atoms with Gasteiger partial charge in [0.25, 0.3) is 0 Å². The molecule has 146 valence electrons. The molecule has 2 aromatic carbocycles. The van der Waals surface area contributed by atoms with Gasteiger partial charge < -0.3 is 9.64 Å². The van der Waals surface area contributed by atoms with Crippen molar-refractivity contribution in [3.05, 3.63) is 71.0 Å². The Balaban J connectivity index is 1.35. The van der Waals surface area contributed by atoms with Gasteiger partial charge >= 0.3 is 6.09 Å². The van der Waals surface area contributed by atoms with Gasteiger partial charge in [-0.15, -0.1) is 0 Å². The summed E-state index contributed by atoms with van der Waals surface area (Å²) in [7, 11) is 2.15. The second kappa shape index (κ2) is 6.89. The van der Waals surface area contributed by atoms with Gasteiger partial charge in [-0.1, -0.05) is 36.4 Å². The van der Waals surface area contributed by atoms with Crippen molar-refractivity contribution < 1.29 is 13.9 Å². The highest BCUT2D eigenvalue weighted by molar-refractivity contribution is 5.70. The van der Waals surface area contributed by atoms with Crippen molar-refractivity contribution in [3.63, 3.8) is 0 Å². The molecule has 2 heterocycles. The van der Waals surface area contributed by atoms with Gasteiger partial charge in [-0.2, -0.15) is 0 Å². The number of hydrogen-bond acceptors (Lipinski definition) is 3. The van der Waals surface area contributed by atoms with E-state index in [2.05, 4.69) is 24.1 Å². The molecule has 5 rings (SSSR count). The first-order valence-electron chi connectivity index (χ1n) is 10.1. The molecule has 2 fully saturated rings. The van der Waals surface area contributed by atoms with E-state index in [9.17, 15) is 9.18 Å². The summed E-state index contributed by atoms with van der Waals surface area (Å²) in [6.45, 7) is 3.35. The molecule has 1 saturated heterocycles. The quantitative estimate of drug-likeness (QED) is 0.814. The first-order valence-corrected chi connectivity index (χ1v) is 10.1. The minimum absolute atomic E-state index is 0.233. The molecule has 0 aromatic heterocycles. The molecule has 0 spiro atoms. The third kappa shape index (κ3) is 3.08. The van der Waals surface area contributed by atoms with Crippen LogP contribution >= 0.6 is 0 Å². The molecule has 1 aliphatic carbocycles. The molecule has 1 unspecified atom stereocenters. The van der Waals surface area contributed by atoms with Crippen LogP contribution in [-0.2, 0) is 11.2 Å². The van der Waals surface area contributed by atoms with Crippen molar-refractivity contribution in [3.8, 4) is 0 Å². The summed E-state index contributed by atoms with van der Waals surface area (Å²) >= 11 is 0. The molecule has 4 nitrogen and oxygen atoms in total. The monoisotopic (exact) mass is 380 g/mol. The van der Waals surface area contributed by atoms with Gasteiger partial charge in [0.05, 0.1) is 12.6 Å². The van der Waals surface area contributed by atoms with Gasteiger partial charge in [0.1, 0.15) is 5.82 Å². The van der Waals surface area contributed by atoms with E-state index in [1.807, 2.05) is 12.1 Å². The Morgan fingerprint density at radius 2 is 1.82 bits per heavy atom. The number of carbonyl (C=O) groups is 1. The molecule has 0 bridgehead atoms. The third-order valence-corrected chi connectivity index (χ3v) is 6.66. The zero-order valence-corrected chi connectivity index (χ0v) is 16.1. The van der Waals surface area contributed by atoms with Crippen LogP contribution in [0.25, 0.3) is 0 Å². The zero-order valence-electron chi connectivity index (χ0n) is 16.1. The van der Waals surface area contributed by atoms with Crippen LogP contribution in [0, 0.1) is 23.6 Å². The van der Waals surface area contributed by atoms with E-state index in [0.29, 0.717) is 30.9 Å². The Bertz CT molecular complexity index is 872. The minimum Gasteiger partial charge on any atom is -0.449 e. The van der Waals surface area contributed by atoms with Crippen molar-refractivity contribution >= 4 is 6.09 Å². The Kier molecular flexibility index (Phi) is 4.35. The number of amides is 1. The highest BCUT2D eigenvalue weighted by Gasteiger charge is 2.55. The van der Waals surface area contributed by atoms with E-state index in [1.54, 1.807) is 17.0 Å². The second-order valence-corrected chi connectivity index (χ2v) is 8.39. The number of nitrogens with zero attached hydrogens (tertiary/aromatic N) is 2. The number of carbonyl (C=O) groups excluding carboxylic acids is 1. The maximum atomic E-state index is 13.5. The molecule has 4 atom stereocenters. The lowest BCUT2D eigenvalue weighted by Crippen LogP contribution is -2.41. The van der Waals surface area contributed by atoms with Crippen molar-refractivity contribution in [1.82, 2.24) is 9.80 Å². The van der Waals surface area contributed by atoms with Crippen LogP contribution < -0.4 is 0 Å². The summed E-state index contributed by atoms with van der Waals surface area (Å²) < 4.78 is 19.2. The van der Waals surface area contributed by atoms with E-state index >= 15 is 0 Å². The fourth-order valence-electron chi connectivity index (χ4n) is 5.13. The normalized spacial score (nSPS) is 28.6. The Morgan fingerprint density at radius 1 is 1.11 bits per heavy atom. The van der Waals surface area contributed by atoms with Gasteiger partial charge in [0, 0.05) is 25.6 Å². The van der Waals surface area contributed by atoms with Crippen molar-refractivity contribution in [2.75, 3.05) is 33.3 Å². The lowest BCUT2D eigenvalue weighted by molar-refractivity contribution is 0.0813. The highest BCUT2D eigenvalue weighted by atomic mass is 19.1. The molecule has 3 aliphatic rings. The van der Waals surface area contributed by atoms with Gasteiger partial charge in [0.2, 0.25) is 0 Å². The van der Waals surface area contributed by atoms with Crippen molar-refractivity contribution in [2.24, 2.45) is 17.8 Å². The fraction of sp³-hybridized carbons (Fsp3) is 0.435. The largest absolute Gasteiger partial charge is 0.449 e.